The van der Waals surface area contributed by atoms with Crippen LogP contribution >= 0.6 is 0 Å². The minimum atomic E-state index is 0.563. The van der Waals surface area contributed by atoms with Crippen molar-refractivity contribution in [2.75, 3.05) is 26.7 Å². The minimum Gasteiger partial charge on any atom is -0.356 e. The first-order chi connectivity index (χ1) is 13.7. The van der Waals surface area contributed by atoms with E-state index in [1.165, 1.54) is 43.2 Å². The van der Waals surface area contributed by atoms with Crippen LogP contribution in [0.5, 0.6) is 0 Å². The molecule has 2 aromatic rings. The van der Waals surface area contributed by atoms with Crippen LogP contribution in [-0.2, 0) is 7.05 Å². The highest BCUT2D eigenvalue weighted by Gasteiger charge is 2.28. The van der Waals surface area contributed by atoms with Crippen molar-refractivity contribution in [2.24, 2.45) is 18.0 Å². The molecule has 1 aromatic heterocycles. The Balaban J connectivity index is 1.24. The van der Waals surface area contributed by atoms with Gasteiger partial charge in [-0.25, -0.2) is 0 Å². The highest BCUT2D eigenvalue weighted by atomic mass is 15.3. The van der Waals surface area contributed by atoms with E-state index in [2.05, 4.69) is 56.8 Å². The third-order valence-corrected chi connectivity index (χ3v) is 6.56. The minimum absolute atomic E-state index is 0.563. The summed E-state index contributed by atoms with van der Waals surface area (Å²) < 4.78 is 1.90. The predicted molar refractivity (Wildman–Crippen MR) is 115 cm³/mol. The Labute approximate surface area is 168 Å². The predicted octanol–water partition coefficient (Wildman–Crippen LogP) is 3.76. The molecule has 0 radical (unpaired) electrons. The second-order valence-electron chi connectivity index (χ2n) is 8.44. The molecule has 1 aliphatic carbocycles. The summed E-state index contributed by atoms with van der Waals surface area (Å²) in [6.07, 6.45) is 10.6. The van der Waals surface area contributed by atoms with E-state index in [1.54, 1.807) is 0 Å². The molecule has 2 heterocycles. The molecule has 4 rings (SSSR count). The lowest BCUT2D eigenvalue weighted by atomic mass is 9.79. The van der Waals surface area contributed by atoms with Crippen LogP contribution in [0, 0.1) is 5.92 Å². The van der Waals surface area contributed by atoms with Gasteiger partial charge in [0.25, 0.3) is 0 Å². The molecule has 0 amide bonds. The number of guanidine groups is 1. The topological polar surface area (TPSA) is 45.5 Å². The summed E-state index contributed by atoms with van der Waals surface area (Å²) >= 11 is 0. The lowest BCUT2D eigenvalue weighted by molar-refractivity contribution is 0.321. The highest BCUT2D eigenvalue weighted by molar-refractivity contribution is 5.80. The van der Waals surface area contributed by atoms with Gasteiger partial charge in [-0.15, -0.1) is 0 Å². The van der Waals surface area contributed by atoms with Crippen LogP contribution in [0.15, 0.2) is 47.7 Å². The van der Waals surface area contributed by atoms with Crippen LogP contribution < -0.4 is 5.32 Å². The summed E-state index contributed by atoms with van der Waals surface area (Å²) in [5, 5.41) is 8.00. The second-order valence-corrected chi connectivity index (χ2v) is 8.44. The molecule has 1 aliphatic heterocycles. The number of aryl methyl sites for hydroxylation is 1. The molecule has 150 valence electrons. The molecule has 2 fully saturated rings. The summed E-state index contributed by atoms with van der Waals surface area (Å²) in [5.41, 5.74) is 2.86. The van der Waals surface area contributed by atoms with Crippen LogP contribution in [0.2, 0.25) is 0 Å². The number of aliphatic imine (C=N–C) groups is 1. The third kappa shape index (κ3) is 4.40. The van der Waals surface area contributed by atoms with E-state index in [0.717, 1.165) is 37.4 Å². The van der Waals surface area contributed by atoms with E-state index in [1.807, 2.05) is 25.0 Å². The number of hydrogen-bond donors (Lipinski definition) is 1. The second kappa shape index (κ2) is 8.80. The largest absolute Gasteiger partial charge is 0.356 e. The molecule has 1 saturated heterocycles. The zero-order chi connectivity index (χ0) is 19.3. The molecular weight excluding hydrogens is 346 g/mol. The van der Waals surface area contributed by atoms with Gasteiger partial charge < -0.3 is 10.2 Å². The lowest BCUT2D eigenvalue weighted by Crippen LogP contribution is -2.42. The number of aromatic nitrogens is 2. The van der Waals surface area contributed by atoms with Crippen molar-refractivity contribution >= 4 is 5.96 Å². The summed E-state index contributed by atoms with van der Waals surface area (Å²) in [6, 6.07) is 11.0. The molecule has 1 aromatic carbocycles. The number of nitrogens with one attached hydrogen (secondary N) is 1. The Morgan fingerprint density at radius 2 is 1.86 bits per heavy atom. The van der Waals surface area contributed by atoms with Gasteiger partial charge in [0, 0.05) is 45.8 Å². The zero-order valence-corrected chi connectivity index (χ0v) is 17.2. The Bertz CT molecular complexity index is 773. The zero-order valence-electron chi connectivity index (χ0n) is 17.2. The van der Waals surface area contributed by atoms with Crippen molar-refractivity contribution in [3.05, 3.63) is 53.9 Å². The SMILES string of the molecule is CN=C(NCC1CCC(c2ccccc2)CC1)N1CCC(c2cnn(C)c2)C1. The van der Waals surface area contributed by atoms with Crippen LogP contribution in [0.3, 0.4) is 0 Å². The van der Waals surface area contributed by atoms with Crippen LogP contribution in [0.4, 0.5) is 0 Å². The van der Waals surface area contributed by atoms with E-state index in [-0.39, 0.29) is 0 Å². The lowest BCUT2D eigenvalue weighted by Gasteiger charge is -2.30. The normalized spacial score (nSPS) is 25.9. The number of rotatable bonds is 4. The molecule has 1 unspecified atom stereocenters. The first kappa shape index (κ1) is 19.0. The van der Waals surface area contributed by atoms with Crippen LogP contribution in [-0.4, -0.2) is 47.3 Å². The fourth-order valence-corrected chi connectivity index (χ4v) is 4.87. The van der Waals surface area contributed by atoms with Gasteiger partial charge in [0.1, 0.15) is 0 Å². The van der Waals surface area contributed by atoms with E-state index in [9.17, 15) is 0 Å². The number of hydrogen-bond acceptors (Lipinski definition) is 2. The quantitative estimate of drug-likeness (QED) is 0.650. The maximum Gasteiger partial charge on any atom is 0.193 e. The standard InChI is InChI=1S/C23H33N5/c1-24-23(28-13-12-21(17-28)22-15-26-27(2)16-22)25-14-18-8-10-20(11-9-18)19-6-4-3-5-7-19/h3-7,15-16,18,20-21H,8-14,17H2,1-2H3,(H,24,25). The Morgan fingerprint density at radius 3 is 2.54 bits per heavy atom. The molecule has 1 N–H and O–H groups in total. The average Bonchev–Trinajstić information content (AvgIpc) is 3.39. The molecule has 1 saturated carbocycles. The monoisotopic (exact) mass is 379 g/mol. The molecule has 5 nitrogen and oxygen atoms in total. The van der Waals surface area contributed by atoms with Crippen molar-refractivity contribution in [3.63, 3.8) is 0 Å². The van der Waals surface area contributed by atoms with Crippen molar-refractivity contribution in [1.29, 1.82) is 0 Å². The van der Waals surface area contributed by atoms with Gasteiger partial charge in [0.05, 0.1) is 6.20 Å². The summed E-state index contributed by atoms with van der Waals surface area (Å²) in [5.74, 6) is 3.13. The van der Waals surface area contributed by atoms with Crippen molar-refractivity contribution in [3.8, 4) is 0 Å². The summed E-state index contributed by atoms with van der Waals surface area (Å²) in [6.45, 7) is 3.15. The molecule has 0 spiro atoms. The highest BCUT2D eigenvalue weighted by Crippen LogP contribution is 2.35. The van der Waals surface area contributed by atoms with Gasteiger partial charge in [0.15, 0.2) is 5.96 Å². The van der Waals surface area contributed by atoms with Crippen LogP contribution in [0.1, 0.15) is 55.1 Å². The molecule has 1 atom stereocenters. The first-order valence-electron chi connectivity index (χ1n) is 10.7. The van der Waals surface area contributed by atoms with Gasteiger partial charge in [-0.3, -0.25) is 9.67 Å². The van der Waals surface area contributed by atoms with Crippen molar-refractivity contribution in [1.82, 2.24) is 20.0 Å². The molecule has 5 heteroatoms. The fourth-order valence-electron chi connectivity index (χ4n) is 4.87. The van der Waals surface area contributed by atoms with Crippen LogP contribution in [0.25, 0.3) is 0 Å². The van der Waals surface area contributed by atoms with E-state index in [4.69, 9.17) is 0 Å². The van der Waals surface area contributed by atoms with Gasteiger partial charge >= 0.3 is 0 Å². The Hall–Kier alpha value is -2.30. The first-order valence-corrected chi connectivity index (χ1v) is 10.7. The van der Waals surface area contributed by atoms with Crippen molar-refractivity contribution < 1.29 is 0 Å². The van der Waals surface area contributed by atoms with E-state index < -0.39 is 0 Å². The number of nitrogens with zero attached hydrogens (tertiary/aromatic N) is 4. The molecule has 28 heavy (non-hydrogen) atoms. The van der Waals surface area contributed by atoms with E-state index >= 15 is 0 Å². The molecule has 0 bridgehead atoms. The van der Waals surface area contributed by atoms with Crippen molar-refractivity contribution in [2.45, 2.75) is 43.9 Å². The maximum absolute atomic E-state index is 4.56. The van der Waals surface area contributed by atoms with Gasteiger partial charge in [-0.1, -0.05) is 30.3 Å². The summed E-state index contributed by atoms with van der Waals surface area (Å²) in [4.78, 5) is 6.97. The average molecular weight is 380 g/mol. The maximum atomic E-state index is 4.56. The summed E-state index contributed by atoms with van der Waals surface area (Å²) in [7, 11) is 3.90. The molecule has 2 aliphatic rings. The fraction of sp³-hybridized carbons (Fsp3) is 0.565. The Morgan fingerprint density at radius 1 is 1.07 bits per heavy atom. The van der Waals surface area contributed by atoms with Gasteiger partial charge in [-0.2, -0.15) is 5.10 Å². The Kier molecular flexibility index (Phi) is 5.98. The smallest absolute Gasteiger partial charge is 0.193 e. The number of benzene rings is 1. The molecular formula is C23H33N5. The number of likely N-dealkylation sites (tertiary alicyclic amines) is 1. The van der Waals surface area contributed by atoms with Gasteiger partial charge in [-0.05, 0) is 55.1 Å². The van der Waals surface area contributed by atoms with E-state index in [0.29, 0.717) is 5.92 Å². The third-order valence-electron chi connectivity index (χ3n) is 6.56. The van der Waals surface area contributed by atoms with Gasteiger partial charge in [0.2, 0.25) is 0 Å².